The van der Waals surface area contributed by atoms with E-state index in [4.69, 9.17) is 0 Å². The molecule has 1 heterocycles. The molecule has 31 heavy (non-hydrogen) atoms. The minimum Gasteiger partial charge on any atom is -0.389 e. The van der Waals surface area contributed by atoms with Gasteiger partial charge in [-0.15, -0.1) is 0 Å². The second-order valence-electron chi connectivity index (χ2n) is 9.04. The highest BCUT2D eigenvalue weighted by Crippen LogP contribution is 2.56. The maximum Gasteiger partial charge on any atom is 0.146 e. The van der Waals surface area contributed by atoms with Crippen LogP contribution in [-0.4, -0.2) is 26.7 Å². The normalized spacial score (nSPS) is 26.0. The van der Waals surface area contributed by atoms with E-state index in [2.05, 4.69) is 5.10 Å². The zero-order valence-electron chi connectivity index (χ0n) is 17.6. The van der Waals surface area contributed by atoms with Gasteiger partial charge in [-0.25, -0.2) is 13.5 Å². The molecule has 0 radical (unpaired) electrons. The number of alkyl halides is 1. The molecule has 1 N–H and O–H groups in total. The molecule has 5 rings (SSSR count). The number of nitrogens with zero attached hydrogens (tertiary/aromatic N) is 2. The van der Waals surface area contributed by atoms with Gasteiger partial charge < -0.3 is 5.11 Å². The summed E-state index contributed by atoms with van der Waals surface area (Å²) in [6, 6.07) is 15.8. The van der Waals surface area contributed by atoms with E-state index < -0.39 is 17.2 Å². The van der Waals surface area contributed by atoms with E-state index in [0.29, 0.717) is 25.7 Å². The molecular formula is C26H26F2N2O. The van der Waals surface area contributed by atoms with Crippen molar-refractivity contribution in [1.82, 2.24) is 9.78 Å². The molecule has 1 unspecified atom stereocenters. The van der Waals surface area contributed by atoms with Gasteiger partial charge in [0.05, 0.1) is 23.7 Å². The van der Waals surface area contributed by atoms with Crippen LogP contribution in [0.15, 0.2) is 66.4 Å². The number of fused-ring (bicyclic) bond motifs is 2. The Morgan fingerprint density at radius 3 is 2.61 bits per heavy atom. The maximum absolute atomic E-state index is 16.7. The molecule has 1 saturated carbocycles. The van der Waals surface area contributed by atoms with E-state index in [1.807, 2.05) is 43.3 Å². The van der Waals surface area contributed by atoms with Crippen molar-refractivity contribution >= 4 is 6.08 Å². The summed E-state index contributed by atoms with van der Waals surface area (Å²) < 4.78 is 31.8. The number of aromatic nitrogens is 2. The van der Waals surface area contributed by atoms with Gasteiger partial charge in [0, 0.05) is 11.8 Å². The second kappa shape index (κ2) is 7.41. The Labute approximate surface area is 181 Å². The lowest BCUT2D eigenvalue weighted by Gasteiger charge is -2.52. The lowest BCUT2D eigenvalue weighted by Crippen LogP contribution is -2.57. The molecule has 2 aromatic carbocycles. The van der Waals surface area contributed by atoms with E-state index >= 15 is 4.39 Å². The summed E-state index contributed by atoms with van der Waals surface area (Å²) in [5.74, 6) is -0.294. The minimum atomic E-state index is -1.72. The number of hydrogen-bond donors (Lipinski definition) is 1. The lowest BCUT2D eigenvalue weighted by molar-refractivity contribution is -0.0975. The van der Waals surface area contributed by atoms with Crippen molar-refractivity contribution in [2.45, 2.75) is 50.8 Å². The van der Waals surface area contributed by atoms with E-state index in [1.54, 1.807) is 23.0 Å². The average Bonchev–Trinajstić information content (AvgIpc) is 3.16. The van der Waals surface area contributed by atoms with Crippen LogP contribution >= 0.6 is 0 Å². The summed E-state index contributed by atoms with van der Waals surface area (Å²) in [4.78, 5) is 0. The Kier molecular flexibility index (Phi) is 4.82. The predicted octanol–water partition coefficient (Wildman–Crippen LogP) is 5.45. The molecule has 0 saturated heterocycles. The average molecular weight is 421 g/mol. The van der Waals surface area contributed by atoms with Crippen molar-refractivity contribution in [3.05, 3.63) is 89.0 Å². The van der Waals surface area contributed by atoms with Crippen LogP contribution in [0.3, 0.4) is 0 Å². The molecule has 2 aliphatic rings. The van der Waals surface area contributed by atoms with Crippen molar-refractivity contribution < 1.29 is 13.9 Å². The molecule has 3 aromatic rings. The Morgan fingerprint density at radius 2 is 1.87 bits per heavy atom. The number of halogens is 2. The van der Waals surface area contributed by atoms with Crippen LogP contribution < -0.4 is 0 Å². The SMILES string of the molecule is C[C@]12Cc3cnn(-c4ccc(F)cc4)c3C=C1CCC[C@@]2(F)C(O)Cc1ccccc1. The number of benzene rings is 2. The third kappa shape index (κ3) is 3.23. The van der Waals surface area contributed by atoms with Gasteiger partial charge in [0.15, 0.2) is 0 Å². The van der Waals surface area contributed by atoms with E-state index in [9.17, 15) is 9.50 Å². The zero-order valence-corrected chi connectivity index (χ0v) is 17.6. The number of rotatable bonds is 4. The van der Waals surface area contributed by atoms with E-state index in [-0.39, 0.29) is 5.82 Å². The first-order valence-corrected chi connectivity index (χ1v) is 10.9. The van der Waals surface area contributed by atoms with Crippen LogP contribution in [0.4, 0.5) is 8.78 Å². The molecule has 2 aliphatic carbocycles. The first-order valence-electron chi connectivity index (χ1n) is 10.9. The first kappa shape index (κ1) is 20.1. The van der Waals surface area contributed by atoms with Gasteiger partial charge >= 0.3 is 0 Å². The van der Waals surface area contributed by atoms with Crippen molar-refractivity contribution in [2.24, 2.45) is 5.41 Å². The molecule has 3 nitrogen and oxygen atoms in total. The first-order chi connectivity index (χ1) is 14.9. The lowest BCUT2D eigenvalue weighted by atomic mass is 9.56. The summed E-state index contributed by atoms with van der Waals surface area (Å²) in [7, 11) is 0. The predicted molar refractivity (Wildman–Crippen MR) is 117 cm³/mol. The maximum atomic E-state index is 16.7. The van der Waals surface area contributed by atoms with Crippen molar-refractivity contribution in [2.75, 3.05) is 0 Å². The third-order valence-corrected chi connectivity index (χ3v) is 7.23. The molecular weight excluding hydrogens is 394 g/mol. The molecule has 3 atom stereocenters. The van der Waals surface area contributed by atoms with Crippen molar-refractivity contribution in [3.8, 4) is 5.69 Å². The second-order valence-corrected chi connectivity index (χ2v) is 9.04. The van der Waals surface area contributed by atoms with Crippen LogP contribution in [0.5, 0.6) is 0 Å². The number of hydrogen-bond acceptors (Lipinski definition) is 2. The molecule has 1 aromatic heterocycles. The fourth-order valence-corrected chi connectivity index (χ4v) is 5.40. The number of allylic oxidation sites excluding steroid dienone is 1. The van der Waals surface area contributed by atoms with Gasteiger partial charge in [-0.1, -0.05) is 42.8 Å². The largest absolute Gasteiger partial charge is 0.389 e. The van der Waals surface area contributed by atoms with Gasteiger partial charge in [0.1, 0.15) is 11.5 Å². The van der Waals surface area contributed by atoms with Crippen LogP contribution in [0.1, 0.15) is 43.0 Å². The summed E-state index contributed by atoms with van der Waals surface area (Å²) in [6.07, 6.45) is 5.35. The third-order valence-electron chi connectivity index (χ3n) is 7.23. The molecule has 0 aliphatic heterocycles. The van der Waals surface area contributed by atoms with E-state index in [0.717, 1.165) is 34.5 Å². The fraction of sp³-hybridized carbons (Fsp3) is 0.346. The molecule has 0 bridgehead atoms. The highest BCUT2D eigenvalue weighted by atomic mass is 19.1. The van der Waals surface area contributed by atoms with Crippen molar-refractivity contribution in [1.29, 1.82) is 0 Å². The van der Waals surface area contributed by atoms with Gasteiger partial charge in [-0.05, 0) is 67.2 Å². The van der Waals surface area contributed by atoms with Gasteiger partial charge in [0.2, 0.25) is 0 Å². The topological polar surface area (TPSA) is 38.0 Å². The minimum absolute atomic E-state index is 0.294. The van der Waals surface area contributed by atoms with Crippen molar-refractivity contribution in [3.63, 3.8) is 0 Å². The Balaban J connectivity index is 1.51. The monoisotopic (exact) mass is 420 g/mol. The zero-order chi connectivity index (χ0) is 21.6. The Bertz CT molecular complexity index is 1120. The Morgan fingerprint density at radius 1 is 1.13 bits per heavy atom. The van der Waals surface area contributed by atoms with Crippen LogP contribution in [0, 0.1) is 11.2 Å². The molecule has 0 amide bonds. The van der Waals surface area contributed by atoms with Crippen LogP contribution in [-0.2, 0) is 12.8 Å². The summed E-state index contributed by atoms with van der Waals surface area (Å²) >= 11 is 0. The quantitative estimate of drug-likeness (QED) is 0.609. The van der Waals surface area contributed by atoms with Crippen LogP contribution in [0.2, 0.25) is 0 Å². The molecule has 5 heteroatoms. The number of aliphatic hydroxyl groups is 1. The van der Waals surface area contributed by atoms with E-state index in [1.165, 1.54) is 12.1 Å². The van der Waals surface area contributed by atoms with Crippen LogP contribution in [0.25, 0.3) is 11.8 Å². The fourth-order valence-electron chi connectivity index (χ4n) is 5.40. The highest BCUT2D eigenvalue weighted by molar-refractivity contribution is 5.62. The smallest absolute Gasteiger partial charge is 0.146 e. The summed E-state index contributed by atoms with van der Waals surface area (Å²) in [5.41, 5.74) is 2.09. The van der Waals surface area contributed by atoms with Gasteiger partial charge in [-0.3, -0.25) is 0 Å². The number of aliphatic hydroxyl groups excluding tert-OH is 1. The summed E-state index contributed by atoms with van der Waals surface area (Å²) in [6.45, 7) is 1.95. The molecule has 0 spiro atoms. The summed E-state index contributed by atoms with van der Waals surface area (Å²) in [5, 5.41) is 15.6. The Hall–Kier alpha value is -2.79. The molecule has 1 fully saturated rings. The standard InChI is InChI=1S/C26H26F2N2O/c1-25-16-19-17-29-30(22-11-9-21(27)10-12-22)23(19)15-20(25)8-5-13-26(25,28)24(31)14-18-6-3-2-4-7-18/h2-4,6-7,9-12,15,17,24,31H,5,8,13-14,16H2,1H3/t24?,25-,26+/m0/s1. The van der Waals surface area contributed by atoms with Gasteiger partial charge in [0.25, 0.3) is 0 Å². The van der Waals surface area contributed by atoms with Gasteiger partial charge in [-0.2, -0.15) is 5.10 Å². The highest BCUT2D eigenvalue weighted by Gasteiger charge is 2.58. The molecule has 160 valence electrons.